The standard InChI is InChI=1S/HO2P.H2Te/c1-3-2;/h(H,1,2);1H2. The van der Waals surface area contributed by atoms with Crippen molar-refractivity contribution in [3.8, 4) is 0 Å². The minimum atomic E-state index is -0.833. The Balaban J connectivity index is 0. The van der Waals surface area contributed by atoms with Crippen LogP contribution < -0.4 is 0 Å². The molecule has 0 saturated heterocycles. The molecule has 0 aliphatic carbocycles. The molecule has 0 aliphatic heterocycles. The molecule has 26 valence electrons. The van der Waals surface area contributed by atoms with Gasteiger partial charge in [-0.05, 0) is 0 Å². The Morgan fingerprint density at radius 1 is 1.75 bits per heavy atom. The van der Waals surface area contributed by atoms with Crippen LogP contribution in [0, 0.1) is 0 Å². The Labute approximate surface area is 42.2 Å². The van der Waals surface area contributed by atoms with Crippen LogP contribution in [0.25, 0.3) is 0 Å². The molecular formula is H3O2PTe. The van der Waals surface area contributed by atoms with Crippen LogP contribution >= 0.6 is 8.69 Å². The molecule has 0 bridgehead atoms. The molecular weight excluding hydrogens is 191 g/mol. The first-order chi connectivity index (χ1) is 1.41. The molecule has 0 aromatic carbocycles. The van der Waals surface area contributed by atoms with Gasteiger partial charge in [0.2, 0.25) is 0 Å². The van der Waals surface area contributed by atoms with Gasteiger partial charge < -0.3 is 4.89 Å². The van der Waals surface area contributed by atoms with Crippen molar-refractivity contribution in [2.24, 2.45) is 0 Å². The second kappa shape index (κ2) is 9.14. The van der Waals surface area contributed by atoms with Crippen molar-refractivity contribution in [1.29, 1.82) is 0 Å². The second-order valence-electron chi connectivity index (χ2n) is 0.0816. The summed E-state index contributed by atoms with van der Waals surface area (Å²) < 4.78 is 8.46. The van der Waals surface area contributed by atoms with E-state index in [4.69, 9.17) is 9.46 Å². The monoisotopic (exact) mass is 196 g/mol. The maximum atomic E-state index is 8.46. The van der Waals surface area contributed by atoms with Gasteiger partial charge in [-0.2, -0.15) is 0 Å². The van der Waals surface area contributed by atoms with Gasteiger partial charge in [0, 0.05) is 0 Å². The summed E-state index contributed by atoms with van der Waals surface area (Å²) in [5.74, 6) is 0. The average molecular weight is 194 g/mol. The van der Waals surface area contributed by atoms with Gasteiger partial charge in [0.05, 0.1) is 0 Å². The zero-order valence-electron chi connectivity index (χ0n) is 1.80. The molecule has 0 aliphatic rings. The minimum absolute atomic E-state index is 0. The second-order valence-corrected chi connectivity index (χ2v) is 0.245. The van der Waals surface area contributed by atoms with E-state index in [0.717, 1.165) is 0 Å². The predicted octanol–water partition coefficient (Wildman–Crippen LogP) is -0.731. The van der Waals surface area contributed by atoms with E-state index in [-0.39, 0.29) is 23.7 Å². The molecule has 0 atom stereocenters. The van der Waals surface area contributed by atoms with Crippen molar-refractivity contribution in [2.75, 3.05) is 0 Å². The van der Waals surface area contributed by atoms with Gasteiger partial charge >= 0.3 is 32.4 Å². The summed E-state index contributed by atoms with van der Waals surface area (Å²) >= 11 is 0. The van der Waals surface area contributed by atoms with Crippen molar-refractivity contribution in [3.05, 3.63) is 0 Å². The number of hydrogen-bond acceptors (Lipinski definition) is 1. The molecule has 4 heteroatoms. The van der Waals surface area contributed by atoms with Crippen LogP contribution in [0.2, 0.25) is 0 Å². The summed E-state index contributed by atoms with van der Waals surface area (Å²) in [5, 5.41) is 0. The van der Waals surface area contributed by atoms with E-state index >= 15 is 0 Å². The maximum absolute atomic E-state index is 8.46. The molecule has 0 aromatic rings. The van der Waals surface area contributed by atoms with Crippen LogP contribution in [0.15, 0.2) is 0 Å². The quantitative estimate of drug-likeness (QED) is 0.407. The molecule has 0 saturated carbocycles. The van der Waals surface area contributed by atoms with Gasteiger partial charge in [0.1, 0.15) is 0 Å². The fraction of sp³-hybridized carbons (Fsp3) is 0. The molecule has 0 amide bonds. The third-order valence-electron chi connectivity index (χ3n) is 0. The van der Waals surface area contributed by atoms with Crippen molar-refractivity contribution >= 4 is 32.4 Å². The Morgan fingerprint density at radius 2 is 1.75 bits per heavy atom. The Morgan fingerprint density at radius 3 is 1.75 bits per heavy atom. The van der Waals surface area contributed by atoms with E-state index in [2.05, 4.69) is 0 Å². The van der Waals surface area contributed by atoms with Crippen molar-refractivity contribution < 1.29 is 9.46 Å². The zero-order chi connectivity index (χ0) is 2.71. The molecule has 0 radical (unpaired) electrons. The van der Waals surface area contributed by atoms with Crippen LogP contribution in [0.4, 0.5) is 0 Å². The van der Waals surface area contributed by atoms with Gasteiger partial charge in [0.25, 0.3) is 0 Å². The topological polar surface area (TPSA) is 37.3 Å². The number of hydrogen-bond donors (Lipinski definition) is 1. The van der Waals surface area contributed by atoms with Crippen LogP contribution in [0.5, 0.6) is 0 Å². The van der Waals surface area contributed by atoms with E-state index in [1.165, 1.54) is 0 Å². The molecule has 0 aromatic heterocycles. The third kappa shape index (κ3) is 13.5. The molecule has 0 unspecified atom stereocenters. The van der Waals surface area contributed by atoms with Crippen LogP contribution in [0.3, 0.4) is 0 Å². The summed E-state index contributed by atoms with van der Waals surface area (Å²) in [6.07, 6.45) is 0. The zero-order valence-corrected chi connectivity index (χ0v) is 5.55. The Kier molecular flexibility index (Phi) is 20.2. The van der Waals surface area contributed by atoms with E-state index in [9.17, 15) is 0 Å². The summed E-state index contributed by atoms with van der Waals surface area (Å²) in [4.78, 5) is 6.99. The fourth-order valence-electron chi connectivity index (χ4n) is 0. The first-order valence-electron chi connectivity index (χ1n) is 0.383. The number of rotatable bonds is 0. The summed E-state index contributed by atoms with van der Waals surface area (Å²) in [6.45, 7) is 0. The van der Waals surface area contributed by atoms with Crippen molar-refractivity contribution in [1.82, 2.24) is 0 Å². The average Bonchev–Trinajstić information content (AvgIpc) is 0.918. The molecule has 0 heterocycles. The van der Waals surface area contributed by atoms with Crippen LogP contribution in [-0.2, 0) is 4.57 Å². The van der Waals surface area contributed by atoms with E-state index < -0.39 is 8.69 Å². The van der Waals surface area contributed by atoms with E-state index in [1.54, 1.807) is 0 Å². The van der Waals surface area contributed by atoms with Gasteiger partial charge in [-0.1, -0.05) is 0 Å². The molecule has 1 N–H and O–H groups in total. The summed E-state index contributed by atoms with van der Waals surface area (Å²) in [6, 6.07) is 0. The fourth-order valence-corrected chi connectivity index (χ4v) is 0. The first-order valence-corrected chi connectivity index (χ1v) is 1.15. The Bertz CT molecular complexity index is 13.5. The Hall–Kier alpha value is 0.850. The van der Waals surface area contributed by atoms with E-state index in [0.29, 0.717) is 0 Å². The van der Waals surface area contributed by atoms with Gasteiger partial charge in [-0.25, -0.2) is 4.57 Å². The van der Waals surface area contributed by atoms with Crippen LogP contribution in [0.1, 0.15) is 0 Å². The first kappa shape index (κ1) is 8.85. The van der Waals surface area contributed by atoms with Gasteiger partial charge in [-0.3, -0.25) is 0 Å². The van der Waals surface area contributed by atoms with Crippen LogP contribution in [-0.4, -0.2) is 28.6 Å². The SMILES string of the molecule is O=PO.[TeH2]. The molecule has 2 nitrogen and oxygen atoms in total. The molecule has 0 fully saturated rings. The molecule has 4 heavy (non-hydrogen) atoms. The predicted molar refractivity (Wildman–Crippen MR) is 18.4 cm³/mol. The molecule has 0 spiro atoms. The van der Waals surface area contributed by atoms with E-state index in [1.807, 2.05) is 0 Å². The van der Waals surface area contributed by atoms with Gasteiger partial charge in [-0.15, -0.1) is 0 Å². The van der Waals surface area contributed by atoms with Crippen molar-refractivity contribution in [3.63, 3.8) is 0 Å². The van der Waals surface area contributed by atoms with Crippen molar-refractivity contribution in [2.45, 2.75) is 0 Å². The summed E-state index contributed by atoms with van der Waals surface area (Å²) in [7, 11) is -0.833. The third-order valence-corrected chi connectivity index (χ3v) is 0. The normalized spacial score (nSPS) is 5.25. The van der Waals surface area contributed by atoms with Gasteiger partial charge in [0.15, 0.2) is 0 Å². The molecule has 0 rings (SSSR count). The summed E-state index contributed by atoms with van der Waals surface area (Å²) in [5.41, 5.74) is 0.